The Morgan fingerprint density at radius 1 is 1.40 bits per heavy atom. The number of carbonyl (C=O) groups is 1. The molecule has 0 saturated heterocycles. The van der Waals surface area contributed by atoms with E-state index < -0.39 is 0 Å². The molecule has 0 heterocycles. The van der Waals surface area contributed by atoms with Gasteiger partial charge in [-0.25, -0.2) is 0 Å². The Morgan fingerprint density at radius 3 is 2.53 bits per heavy atom. The molecule has 0 spiro atoms. The van der Waals surface area contributed by atoms with Crippen molar-refractivity contribution in [2.24, 2.45) is 0 Å². The van der Waals surface area contributed by atoms with E-state index >= 15 is 0 Å². The number of hydrogen-bond acceptors (Lipinski definition) is 3. The number of anilines is 1. The second kappa shape index (κ2) is 4.82. The van der Waals surface area contributed by atoms with Crippen molar-refractivity contribution in [2.75, 3.05) is 12.3 Å². The predicted molar refractivity (Wildman–Crippen MR) is 61.4 cm³/mol. The summed E-state index contributed by atoms with van der Waals surface area (Å²) in [6, 6.07) is 3.54. The molecule has 1 aromatic rings. The van der Waals surface area contributed by atoms with E-state index in [4.69, 9.17) is 10.5 Å². The SMILES string of the molecule is CCOc1cc(N)c(CC)c(C(C)=O)c1. The first-order valence-electron chi connectivity index (χ1n) is 5.16. The monoisotopic (exact) mass is 207 g/mol. The molecule has 0 fully saturated rings. The van der Waals surface area contributed by atoms with E-state index in [1.54, 1.807) is 19.1 Å². The fourth-order valence-electron chi connectivity index (χ4n) is 1.63. The summed E-state index contributed by atoms with van der Waals surface area (Å²) in [7, 11) is 0. The van der Waals surface area contributed by atoms with Crippen LogP contribution in [0.2, 0.25) is 0 Å². The maximum Gasteiger partial charge on any atom is 0.160 e. The number of nitrogens with two attached hydrogens (primary N) is 1. The Labute approximate surface area is 90.2 Å². The van der Waals surface area contributed by atoms with Crippen LogP contribution in [0.3, 0.4) is 0 Å². The standard InChI is InChI=1S/C12H17NO2/c1-4-10-11(8(3)14)6-9(15-5-2)7-12(10)13/h6-7H,4-5,13H2,1-3H3. The quantitative estimate of drug-likeness (QED) is 0.609. The summed E-state index contributed by atoms with van der Waals surface area (Å²) in [5.74, 6) is 0.692. The van der Waals surface area contributed by atoms with Crippen LogP contribution in [0.25, 0.3) is 0 Å². The van der Waals surface area contributed by atoms with Gasteiger partial charge in [0, 0.05) is 17.3 Å². The number of nitrogen functional groups attached to an aromatic ring is 1. The van der Waals surface area contributed by atoms with Crippen molar-refractivity contribution in [1.82, 2.24) is 0 Å². The highest BCUT2D eigenvalue weighted by molar-refractivity contribution is 5.97. The van der Waals surface area contributed by atoms with Gasteiger partial charge in [0.05, 0.1) is 6.61 Å². The summed E-state index contributed by atoms with van der Waals surface area (Å²) in [5, 5.41) is 0. The van der Waals surface area contributed by atoms with Crippen molar-refractivity contribution in [2.45, 2.75) is 27.2 Å². The van der Waals surface area contributed by atoms with Crippen LogP contribution in [0.15, 0.2) is 12.1 Å². The normalized spacial score (nSPS) is 10.1. The average molecular weight is 207 g/mol. The molecule has 1 aromatic carbocycles. The van der Waals surface area contributed by atoms with Gasteiger partial charge in [-0.2, -0.15) is 0 Å². The van der Waals surface area contributed by atoms with Crippen molar-refractivity contribution in [3.05, 3.63) is 23.3 Å². The first-order valence-corrected chi connectivity index (χ1v) is 5.16. The van der Waals surface area contributed by atoms with E-state index in [9.17, 15) is 4.79 Å². The van der Waals surface area contributed by atoms with Crippen LogP contribution in [0, 0.1) is 0 Å². The lowest BCUT2D eigenvalue weighted by Gasteiger charge is -2.11. The fraction of sp³-hybridized carbons (Fsp3) is 0.417. The van der Waals surface area contributed by atoms with Crippen molar-refractivity contribution in [3.8, 4) is 5.75 Å². The molecular weight excluding hydrogens is 190 g/mol. The number of hydrogen-bond donors (Lipinski definition) is 1. The zero-order valence-electron chi connectivity index (χ0n) is 9.46. The summed E-state index contributed by atoms with van der Waals surface area (Å²) >= 11 is 0. The molecule has 1 rings (SSSR count). The van der Waals surface area contributed by atoms with E-state index in [0.717, 1.165) is 12.0 Å². The minimum absolute atomic E-state index is 0.0279. The van der Waals surface area contributed by atoms with Gasteiger partial charge in [-0.3, -0.25) is 4.79 Å². The fourth-order valence-corrected chi connectivity index (χ4v) is 1.63. The van der Waals surface area contributed by atoms with Crippen molar-refractivity contribution in [1.29, 1.82) is 0 Å². The average Bonchev–Trinajstić information content (AvgIpc) is 2.17. The predicted octanol–water partition coefficient (Wildman–Crippen LogP) is 2.43. The molecule has 0 amide bonds. The number of benzene rings is 1. The summed E-state index contributed by atoms with van der Waals surface area (Å²) in [6.07, 6.45) is 0.757. The van der Waals surface area contributed by atoms with Crippen LogP contribution in [0.4, 0.5) is 5.69 Å². The summed E-state index contributed by atoms with van der Waals surface area (Å²) in [4.78, 5) is 11.4. The Hall–Kier alpha value is -1.51. The molecule has 0 aromatic heterocycles. The number of rotatable bonds is 4. The molecule has 0 bridgehead atoms. The lowest BCUT2D eigenvalue weighted by Crippen LogP contribution is -2.05. The Balaban J connectivity index is 3.25. The van der Waals surface area contributed by atoms with Crippen molar-refractivity contribution in [3.63, 3.8) is 0 Å². The van der Waals surface area contributed by atoms with Crippen LogP contribution >= 0.6 is 0 Å². The third kappa shape index (κ3) is 2.49. The van der Waals surface area contributed by atoms with E-state index in [-0.39, 0.29) is 5.78 Å². The largest absolute Gasteiger partial charge is 0.494 e. The molecule has 0 aliphatic rings. The number of ether oxygens (including phenoxy) is 1. The molecule has 3 heteroatoms. The van der Waals surface area contributed by atoms with Crippen LogP contribution in [0.5, 0.6) is 5.75 Å². The van der Waals surface area contributed by atoms with Crippen LogP contribution in [0.1, 0.15) is 36.7 Å². The number of ketones is 1. The smallest absolute Gasteiger partial charge is 0.160 e. The molecule has 2 N–H and O–H groups in total. The molecule has 0 aliphatic heterocycles. The molecule has 82 valence electrons. The summed E-state index contributed by atoms with van der Waals surface area (Å²) < 4.78 is 5.34. The first kappa shape index (κ1) is 11.6. The highest BCUT2D eigenvalue weighted by atomic mass is 16.5. The van der Waals surface area contributed by atoms with Gasteiger partial charge in [0.2, 0.25) is 0 Å². The molecule has 0 saturated carbocycles. The second-order valence-electron chi connectivity index (χ2n) is 3.38. The first-order chi connectivity index (χ1) is 7.10. The van der Waals surface area contributed by atoms with Crippen LogP contribution in [-0.4, -0.2) is 12.4 Å². The maximum atomic E-state index is 11.4. The Morgan fingerprint density at radius 2 is 2.07 bits per heavy atom. The third-order valence-corrected chi connectivity index (χ3v) is 2.30. The van der Waals surface area contributed by atoms with Crippen molar-refractivity contribution < 1.29 is 9.53 Å². The topological polar surface area (TPSA) is 52.3 Å². The third-order valence-electron chi connectivity index (χ3n) is 2.30. The van der Waals surface area contributed by atoms with Gasteiger partial charge in [0.1, 0.15) is 5.75 Å². The van der Waals surface area contributed by atoms with E-state index in [2.05, 4.69) is 0 Å². The van der Waals surface area contributed by atoms with Gasteiger partial charge in [-0.05, 0) is 31.9 Å². The molecule has 0 unspecified atom stereocenters. The van der Waals surface area contributed by atoms with Gasteiger partial charge < -0.3 is 10.5 Å². The van der Waals surface area contributed by atoms with Gasteiger partial charge >= 0.3 is 0 Å². The van der Waals surface area contributed by atoms with Gasteiger partial charge in [-0.15, -0.1) is 0 Å². The van der Waals surface area contributed by atoms with Gasteiger partial charge in [-0.1, -0.05) is 6.92 Å². The number of carbonyl (C=O) groups excluding carboxylic acids is 1. The van der Waals surface area contributed by atoms with E-state index in [1.165, 1.54) is 0 Å². The summed E-state index contributed by atoms with van der Waals surface area (Å²) in [5.41, 5.74) is 8.08. The van der Waals surface area contributed by atoms with Crippen molar-refractivity contribution >= 4 is 11.5 Å². The van der Waals surface area contributed by atoms with Crippen LogP contribution < -0.4 is 10.5 Å². The minimum atomic E-state index is 0.0279. The highest BCUT2D eigenvalue weighted by Crippen LogP contribution is 2.25. The lowest BCUT2D eigenvalue weighted by atomic mass is 10.00. The van der Waals surface area contributed by atoms with Crippen LogP contribution in [-0.2, 0) is 6.42 Å². The highest BCUT2D eigenvalue weighted by Gasteiger charge is 2.11. The molecule has 0 radical (unpaired) electrons. The molecule has 0 atom stereocenters. The van der Waals surface area contributed by atoms with E-state index in [0.29, 0.717) is 23.6 Å². The van der Waals surface area contributed by atoms with Gasteiger partial charge in [0.25, 0.3) is 0 Å². The molecular formula is C12H17NO2. The summed E-state index contributed by atoms with van der Waals surface area (Å²) in [6.45, 7) is 6.00. The lowest BCUT2D eigenvalue weighted by molar-refractivity contribution is 0.101. The minimum Gasteiger partial charge on any atom is -0.494 e. The van der Waals surface area contributed by atoms with E-state index in [1.807, 2.05) is 13.8 Å². The molecule has 0 aliphatic carbocycles. The molecule has 15 heavy (non-hydrogen) atoms. The molecule has 3 nitrogen and oxygen atoms in total. The maximum absolute atomic E-state index is 11.4. The van der Waals surface area contributed by atoms with Gasteiger partial charge in [0.15, 0.2) is 5.78 Å². The zero-order valence-corrected chi connectivity index (χ0v) is 9.46. The Bertz CT molecular complexity index is 372. The number of Topliss-reactive ketones (excluding diaryl/α,β-unsaturated/α-hetero) is 1. The zero-order chi connectivity index (χ0) is 11.4. The Kier molecular flexibility index (Phi) is 3.72. The second-order valence-corrected chi connectivity index (χ2v) is 3.38.